The number of hydrogen-bond acceptors (Lipinski definition) is 4. The van der Waals surface area contributed by atoms with Crippen LogP contribution < -0.4 is 5.73 Å². The van der Waals surface area contributed by atoms with Crippen LogP contribution in [0.2, 0.25) is 0 Å². The average Bonchev–Trinajstić information content (AvgIpc) is 2.83. The molecule has 0 amide bonds. The number of nitrogens with two attached hydrogens (primary N) is 1. The molecule has 0 spiro atoms. The van der Waals surface area contributed by atoms with Crippen molar-refractivity contribution in [2.45, 2.75) is 6.54 Å². The Morgan fingerprint density at radius 2 is 2.06 bits per heavy atom. The van der Waals surface area contributed by atoms with Gasteiger partial charge in [-0.15, -0.1) is 10.2 Å². The van der Waals surface area contributed by atoms with Crippen molar-refractivity contribution in [1.82, 2.24) is 14.8 Å². The fraction of sp³-hybridized carbons (Fsp3) is 0.231. The zero-order chi connectivity index (χ0) is 12.8. The van der Waals surface area contributed by atoms with Gasteiger partial charge in [0, 0.05) is 19.3 Å². The largest absolute Gasteiger partial charge is 0.399 e. The Morgan fingerprint density at radius 1 is 1.28 bits per heavy atom. The Hall–Kier alpha value is -2.14. The van der Waals surface area contributed by atoms with Crippen LogP contribution in [-0.2, 0) is 11.3 Å². The van der Waals surface area contributed by atoms with Gasteiger partial charge >= 0.3 is 0 Å². The molecule has 0 aliphatic carbocycles. The summed E-state index contributed by atoms with van der Waals surface area (Å²) < 4.78 is 6.97. The van der Waals surface area contributed by atoms with E-state index in [2.05, 4.69) is 10.2 Å². The van der Waals surface area contributed by atoms with Crippen LogP contribution in [0, 0.1) is 0 Å². The van der Waals surface area contributed by atoms with E-state index in [9.17, 15) is 0 Å². The molecular weight excluding hydrogens is 228 g/mol. The van der Waals surface area contributed by atoms with E-state index in [0.717, 1.165) is 23.6 Å². The molecule has 18 heavy (non-hydrogen) atoms. The minimum absolute atomic E-state index is 0.640. The fourth-order valence-corrected chi connectivity index (χ4v) is 1.53. The van der Waals surface area contributed by atoms with E-state index < -0.39 is 0 Å². The third kappa shape index (κ3) is 3.18. The Kier molecular flexibility index (Phi) is 4.09. The van der Waals surface area contributed by atoms with Gasteiger partial charge in [0.05, 0.1) is 6.61 Å². The van der Waals surface area contributed by atoms with Crippen molar-refractivity contribution in [2.24, 2.45) is 0 Å². The van der Waals surface area contributed by atoms with Gasteiger partial charge in [-0.25, -0.2) is 0 Å². The monoisotopic (exact) mass is 244 g/mol. The topological polar surface area (TPSA) is 66.0 Å². The summed E-state index contributed by atoms with van der Waals surface area (Å²) in [5, 5.41) is 7.94. The number of aromatic nitrogens is 3. The minimum atomic E-state index is 0.640. The van der Waals surface area contributed by atoms with E-state index in [1.165, 1.54) is 0 Å². The van der Waals surface area contributed by atoms with Gasteiger partial charge in [-0.2, -0.15) is 0 Å². The van der Waals surface area contributed by atoms with Gasteiger partial charge in [0.15, 0.2) is 5.82 Å². The molecule has 1 aromatic heterocycles. The van der Waals surface area contributed by atoms with Gasteiger partial charge in [-0.05, 0) is 23.8 Å². The number of methoxy groups -OCH3 is 1. The Bertz CT molecular complexity index is 516. The second kappa shape index (κ2) is 5.97. The Labute approximate surface area is 106 Å². The molecule has 1 aromatic carbocycles. The second-order valence-electron chi connectivity index (χ2n) is 3.88. The molecular formula is C13H16N4O. The van der Waals surface area contributed by atoms with E-state index in [1.807, 2.05) is 41.0 Å². The maximum absolute atomic E-state index is 5.63. The lowest BCUT2D eigenvalue weighted by Crippen LogP contribution is -2.04. The summed E-state index contributed by atoms with van der Waals surface area (Å²) in [4.78, 5) is 0. The molecule has 0 radical (unpaired) electrons. The van der Waals surface area contributed by atoms with Crippen molar-refractivity contribution in [2.75, 3.05) is 19.5 Å². The van der Waals surface area contributed by atoms with Gasteiger partial charge in [-0.1, -0.05) is 18.2 Å². The van der Waals surface area contributed by atoms with E-state index in [1.54, 1.807) is 13.4 Å². The lowest BCUT2D eigenvalue weighted by molar-refractivity contribution is 0.187. The fourth-order valence-electron chi connectivity index (χ4n) is 1.53. The molecule has 5 nitrogen and oxygen atoms in total. The number of rotatable bonds is 5. The highest BCUT2D eigenvalue weighted by Crippen LogP contribution is 2.09. The molecule has 0 atom stereocenters. The van der Waals surface area contributed by atoms with Crippen LogP contribution >= 0.6 is 0 Å². The van der Waals surface area contributed by atoms with E-state index in [0.29, 0.717) is 6.61 Å². The Balaban J connectivity index is 2.08. The van der Waals surface area contributed by atoms with Crippen LogP contribution in [0.1, 0.15) is 11.4 Å². The number of ether oxygens (including phenoxy) is 1. The summed E-state index contributed by atoms with van der Waals surface area (Å²) in [7, 11) is 1.67. The molecule has 94 valence electrons. The quantitative estimate of drug-likeness (QED) is 0.813. The molecule has 0 saturated carbocycles. The number of anilines is 1. The van der Waals surface area contributed by atoms with Crippen molar-refractivity contribution in [3.8, 4) is 0 Å². The summed E-state index contributed by atoms with van der Waals surface area (Å²) >= 11 is 0. The molecule has 0 aliphatic heterocycles. The maximum Gasteiger partial charge on any atom is 0.156 e. The summed E-state index contributed by atoms with van der Waals surface area (Å²) in [6, 6.07) is 7.66. The zero-order valence-electron chi connectivity index (χ0n) is 10.3. The number of benzene rings is 1. The van der Waals surface area contributed by atoms with Crippen LogP contribution in [0.4, 0.5) is 5.69 Å². The maximum atomic E-state index is 5.63. The van der Waals surface area contributed by atoms with Crippen molar-refractivity contribution >= 4 is 17.8 Å². The first-order chi connectivity index (χ1) is 8.79. The number of nitrogens with zero attached hydrogens (tertiary/aromatic N) is 3. The first-order valence-electron chi connectivity index (χ1n) is 5.70. The molecule has 2 rings (SSSR count). The molecule has 0 saturated heterocycles. The molecule has 0 aliphatic rings. The molecule has 2 aromatic rings. The number of nitrogen functional groups attached to an aromatic ring is 1. The van der Waals surface area contributed by atoms with Crippen LogP contribution in [0.15, 0.2) is 30.6 Å². The second-order valence-corrected chi connectivity index (χ2v) is 3.88. The van der Waals surface area contributed by atoms with Crippen LogP contribution in [-0.4, -0.2) is 28.5 Å². The van der Waals surface area contributed by atoms with Crippen LogP contribution in [0.3, 0.4) is 0 Å². The lowest BCUT2D eigenvalue weighted by atomic mass is 10.2. The lowest BCUT2D eigenvalue weighted by Gasteiger charge is -2.02. The van der Waals surface area contributed by atoms with Gasteiger partial charge < -0.3 is 15.0 Å². The van der Waals surface area contributed by atoms with E-state index in [4.69, 9.17) is 10.5 Å². The smallest absolute Gasteiger partial charge is 0.156 e. The predicted octanol–water partition coefficient (Wildman–Crippen LogP) is 1.68. The van der Waals surface area contributed by atoms with Crippen molar-refractivity contribution < 1.29 is 4.74 Å². The summed E-state index contributed by atoms with van der Waals surface area (Å²) in [6.07, 6.45) is 5.60. The molecule has 0 unspecified atom stereocenters. The van der Waals surface area contributed by atoms with E-state index >= 15 is 0 Å². The van der Waals surface area contributed by atoms with Crippen LogP contribution in [0.25, 0.3) is 12.2 Å². The van der Waals surface area contributed by atoms with Crippen molar-refractivity contribution in [1.29, 1.82) is 0 Å². The standard InChI is InChI=1S/C13H16N4O/c1-18-9-8-17-10-15-16-13(17)7-4-11-2-5-12(14)6-3-11/h2-7,10H,8-9,14H2,1H3/b7-4+. The minimum Gasteiger partial charge on any atom is -0.399 e. The molecule has 0 fully saturated rings. The number of hydrogen-bond donors (Lipinski definition) is 1. The van der Waals surface area contributed by atoms with Gasteiger partial charge in [-0.3, -0.25) is 0 Å². The van der Waals surface area contributed by atoms with Crippen LogP contribution in [0.5, 0.6) is 0 Å². The van der Waals surface area contributed by atoms with E-state index in [-0.39, 0.29) is 0 Å². The highest BCUT2D eigenvalue weighted by Gasteiger charge is 1.99. The average molecular weight is 244 g/mol. The summed E-state index contributed by atoms with van der Waals surface area (Å²) in [5.41, 5.74) is 7.47. The normalized spacial score (nSPS) is 11.2. The summed E-state index contributed by atoms with van der Waals surface area (Å²) in [6.45, 7) is 1.38. The predicted molar refractivity (Wildman–Crippen MR) is 71.7 cm³/mol. The highest BCUT2D eigenvalue weighted by atomic mass is 16.5. The van der Waals surface area contributed by atoms with Crippen molar-refractivity contribution in [3.63, 3.8) is 0 Å². The first kappa shape index (κ1) is 12.3. The first-order valence-corrected chi connectivity index (χ1v) is 5.70. The van der Waals surface area contributed by atoms with Gasteiger partial charge in [0.2, 0.25) is 0 Å². The molecule has 1 heterocycles. The van der Waals surface area contributed by atoms with Crippen molar-refractivity contribution in [3.05, 3.63) is 42.0 Å². The van der Waals surface area contributed by atoms with Gasteiger partial charge in [0.1, 0.15) is 6.33 Å². The Morgan fingerprint density at radius 3 is 2.78 bits per heavy atom. The molecule has 5 heteroatoms. The van der Waals surface area contributed by atoms with Gasteiger partial charge in [0.25, 0.3) is 0 Å². The molecule has 2 N–H and O–H groups in total. The SMILES string of the molecule is COCCn1cnnc1/C=C/c1ccc(N)cc1. The summed E-state index contributed by atoms with van der Waals surface area (Å²) in [5.74, 6) is 0.809. The third-order valence-corrected chi connectivity index (χ3v) is 2.54. The third-order valence-electron chi connectivity index (χ3n) is 2.54. The highest BCUT2D eigenvalue weighted by molar-refractivity contribution is 5.67. The molecule has 0 bridgehead atoms. The zero-order valence-corrected chi connectivity index (χ0v) is 10.3.